The number of hydrogen-bond donors (Lipinski definition) is 4. The first-order chi connectivity index (χ1) is 8.41. The third kappa shape index (κ3) is 5.13. The predicted octanol–water partition coefficient (Wildman–Crippen LogP) is -1.03. The second-order valence-electron chi connectivity index (χ2n) is 4.69. The number of carboxylic acid groups (broad SMARTS) is 1. The van der Waals surface area contributed by atoms with E-state index in [1.165, 1.54) is 0 Å². The van der Waals surface area contributed by atoms with Crippen LogP contribution in [0.2, 0.25) is 0 Å². The van der Waals surface area contributed by atoms with Crippen LogP contribution in [0.25, 0.3) is 0 Å². The molecule has 0 spiro atoms. The number of nitrogens with two attached hydrogens (primary N) is 1. The van der Waals surface area contributed by atoms with Crippen LogP contribution in [0.3, 0.4) is 0 Å². The van der Waals surface area contributed by atoms with Crippen LogP contribution < -0.4 is 16.4 Å². The van der Waals surface area contributed by atoms with E-state index in [4.69, 9.17) is 10.8 Å². The van der Waals surface area contributed by atoms with Crippen LogP contribution in [-0.2, 0) is 14.4 Å². The first kappa shape index (κ1) is 14.4. The fourth-order valence-electron chi connectivity index (χ4n) is 2.05. The maximum absolute atomic E-state index is 11.6. The molecule has 0 saturated heterocycles. The zero-order chi connectivity index (χ0) is 13.6. The van der Waals surface area contributed by atoms with Gasteiger partial charge in [-0.15, -0.1) is 0 Å². The third-order valence-corrected chi connectivity index (χ3v) is 2.99. The molecule has 1 fully saturated rings. The number of carbonyl (C=O) groups is 3. The Kier molecular flexibility index (Phi) is 5.08. The molecule has 2 amide bonds. The summed E-state index contributed by atoms with van der Waals surface area (Å²) in [6.07, 6.45) is 3.92. The summed E-state index contributed by atoms with van der Waals surface area (Å²) < 4.78 is 0. The summed E-state index contributed by atoms with van der Waals surface area (Å²) in [5.74, 6) is -1.92. The third-order valence-electron chi connectivity index (χ3n) is 2.99. The van der Waals surface area contributed by atoms with E-state index in [-0.39, 0.29) is 18.9 Å². The molecule has 0 bridgehead atoms. The summed E-state index contributed by atoms with van der Waals surface area (Å²) in [6, 6.07) is 0. The van der Waals surface area contributed by atoms with Gasteiger partial charge < -0.3 is 21.5 Å². The molecule has 1 saturated carbocycles. The minimum absolute atomic E-state index is 0.208. The van der Waals surface area contributed by atoms with Crippen molar-refractivity contribution in [1.82, 2.24) is 10.6 Å². The van der Waals surface area contributed by atoms with E-state index in [0.717, 1.165) is 25.7 Å². The van der Waals surface area contributed by atoms with Crippen LogP contribution in [0.1, 0.15) is 32.1 Å². The van der Waals surface area contributed by atoms with Gasteiger partial charge in [-0.2, -0.15) is 0 Å². The van der Waals surface area contributed by atoms with E-state index in [2.05, 4.69) is 10.6 Å². The fraction of sp³-hybridized carbons (Fsp3) is 0.727. The first-order valence-electron chi connectivity index (χ1n) is 5.95. The minimum Gasteiger partial charge on any atom is -0.480 e. The van der Waals surface area contributed by atoms with Gasteiger partial charge in [0.15, 0.2) is 0 Å². The van der Waals surface area contributed by atoms with Gasteiger partial charge in [0.25, 0.3) is 0 Å². The lowest BCUT2D eigenvalue weighted by molar-refractivity contribution is -0.137. The predicted molar refractivity (Wildman–Crippen MR) is 63.7 cm³/mol. The van der Waals surface area contributed by atoms with Crippen molar-refractivity contribution in [2.75, 3.05) is 13.1 Å². The molecular weight excluding hydrogens is 238 g/mol. The molecule has 1 aliphatic carbocycles. The van der Waals surface area contributed by atoms with Gasteiger partial charge in [0.05, 0.1) is 6.54 Å². The van der Waals surface area contributed by atoms with Crippen molar-refractivity contribution < 1.29 is 19.5 Å². The van der Waals surface area contributed by atoms with E-state index in [0.29, 0.717) is 0 Å². The van der Waals surface area contributed by atoms with Crippen molar-refractivity contribution >= 4 is 17.8 Å². The summed E-state index contributed by atoms with van der Waals surface area (Å²) >= 11 is 0. The highest BCUT2D eigenvalue weighted by molar-refractivity contribution is 5.86. The SMILES string of the molecule is NC1(CC(=O)NCC(=O)NCC(=O)O)CCCC1. The Morgan fingerprint density at radius 1 is 1.06 bits per heavy atom. The Balaban J connectivity index is 2.20. The molecule has 0 aliphatic heterocycles. The Hall–Kier alpha value is -1.63. The van der Waals surface area contributed by atoms with Gasteiger partial charge in [0.2, 0.25) is 11.8 Å². The zero-order valence-electron chi connectivity index (χ0n) is 10.2. The van der Waals surface area contributed by atoms with Gasteiger partial charge in [-0.05, 0) is 12.8 Å². The fourth-order valence-corrected chi connectivity index (χ4v) is 2.05. The van der Waals surface area contributed by atoms with E-state index >= 15 is 0 Å². The van der Waals surface area contributed by atoms with E-state index < -0.39 is 24.0 Å². The molecule has 0 unspecified atom stereocenters. The summed E-state index contributed by atoms with van der Waals surface area (Å²) in [7, 11) is 0. The Morgan fingerprint density at radius 3 is 2.17 bits per heavy atom. The maximum atomic E-state index is 11.6. The van der Waals surface area contributed by atoms with E-state index in [9.17, 15) is 14.4 Å². The van der Waals surface area contributed by atoms with Crippen LogP contribution in [0.5, 0.6) is 0 Å². The van der Waals surface area contributed by atoms with Crippen LogP contribution in [0.15, 0.2) is 0 Å². The first-order valence-corrected chi connectivity index (χ1v) is 5.95. The van der Waals surface area contributed by atoms with Gasteiger partial charge in [-0.3, -0.25) is 14.4 Å². The van der Waals surface area contributed by atoms with Crippen LogP contribution >= 0.6 is 0 Å². The van der Waals surface area contributed by atoms with Crippen molar-refractivity contribution in [3.8, 4) is 0 Å². The van der Waals surface area contributed by atoms with Crippen molar-refractivity contribution in [1.29, 1.82) is 0 Å². The summed E-state index contributed by atoms with van der Waals surface area (Å²) in [5, 5.41) is 12.9. The molecular formula is C11H19N3O4. The standard InChI is InChI=1S/C11H19N3O4/c12-11(3-1-2-4-11)5-8(15)13-6-9(16)14-7-10(17)18/h1-7,12H2,(H,13,15)(H,14,16)(H,17,18). The number of hydrogen-bond acceptors (Lipinski definition) is 4. The number of amides is 2. The highest BCUT2D eigenvalue weighted by Gasteiger charge is 2.31. The molecule has 1 aliphatic rings. The van der Waals surface area contributed by atoms with Gasteiger partial charge in [-0.25, -0.2) is 0 Å². The highest BCUT2D eigenvalue weighted by atomic mass is 16.4. The van der Waals surface area contributed by atoms with Crippen LogP contribution in [-0.4, -0.2) is 41.5 Å². The Labute approximate surface area is 105 Å². The quantitative estimate of drug-likeness (QED) is 0.484. The van der Waals surface area contributed by atoms with Crippen LogP contribution in [0, 0.1) is 0 Å². The summed E-state index contributed by atoms with van der Waals surface area (Å²) in [4.78, 5) is 32.9. The van der Waals surface area contributed by atoms with E-state index in [1.54, 1.807) is 0 Å². The van der Waals surface area contributed by atoms with Gasteiger partial charge >= 0.3 is 5.97 Å². The lowest BCUT2D eigenvalue weighted by atomic mass is 9.94. The normalized spacial score (nSPS) is 17.2. The number of carbonyl (C=O) groups excluding carboxylic acids is 2. The molecule has 1 rings (SSSR count). The van der Waals surface area contributed by atoms with Crippen molar-refractivity contribution in [3.63, 3.8) is 0 Å². The molecule has 7 nitrogen and oxygen atoms in total. The summed E-state index contributed by atoms with van der Waals surface area (Å²) in [6.45, 7) is -0.669. The molecule has 0 aromatic heterocycles. The zero-order valence-corrected chi connectivity index (χ0v) is 10.2. The lowest BCUT2D eigenvalue weighted by Gasteiger charge is -2.22. The van der Waals surface area contributed by atoms with Crippen molar-refractivity contribution in [3.05, 3.63) is 0 Å². The molecule has 0 aromatic rings. The lowest BCUT2D eigenvalue weighted by Crippen LogP contribution is -2.44. The van der Waals surface area contributed by atoms with Crippen molar-refractivity contribution in [2.24, 2.45) is 5.73 Å². The molecule has 5 N–H and O–H groups in total. The Bertz CT molecular complexity index is 337. The monoisotopic (exact) mass is 257 g/mol. The molecule has 7 heteroatoms. The molecule has 0 aromatic carbocycles. The smallest absolute Gasteiger partial charge is 0.322 e. The topological polar surface area (TPSA) is 122 Å². The second-order valence-corrected chi connectivity index (χ2v) is 4.69. The van der Waals surface area contributed by atoms with Gasteiger partial charge in [0.1, 0.15) is 6.54 Å². The molecule has 18 heavy (non-hydrogen) atoms. The molecule has 0 atom stereocenters. The minimum atomic E-state index is -1.12. The maximum Gasteiger partial charge on any atom is 0.322 e. The van der Waals surface area contributed by atoms with Crippen molar-refractivity contribution in [2.45, 2.75) is 37.6 Å². The number of rotatable bonds is 6. The van der Waals surface area contributed by atoms with Gasteiger partial charge in [-0.1, -0.05) is 12.8 Å². The number of nitrogens with one attached hydrogen (secondary N) is 2. The number of carboxylic acids is 1. The largest absolute Gasteiger partial charge is 0.480 e. The molecule has 102 valence electrons. The highest BCUT2D eigenvalue weighted by Crippen LogP contribution is 2.29. The Morgan fingerprint density at radius 2 is 1.61 bits per heavy atom. The molecule has 0 heterocycles. The summed E-state index contributed by atoms with van der Waals surface area (Å²) in [5.41, 5.74) is 5.58. The second kappa shape index (κ2) is 6.34. The average Bonchev–Trinajstić information content (AvgIpc) is 2.70. The average molecular weight is 257 g/mol. The van der Waals surface area contributed by atoms with Gasteiger partial charge in [0, 0.05) is 12.0 Å². The molecule has 0 radical (unpaired) electrons. The number of aliphatic carboxylic acids is 1. The van der Waals surface area contributed by atoms with E-state index in [1.807, 2.05) is 0 Å². The van der Waals surface area contributed by atoms with Crippen LogP contribution in [0.4, 0.5) is 0 Å².